The van der Waals surface area contributed by atoms with Crippen molar-refractivity contribution in [1.82, 2.24) is 4.31 Å². The quantitative estimate of drug-likeness (QED) is 0.746. The number of nitrogens with zero attached hydrogens (tertiary/aromatic N) is 1. The number of hydrogen-bond donors (Lipinski definition) is 0. The number of halogens is 2. The summed E-state index contributed by atoms with van der Waals surface area (Å²) in [6.07, 6.45) is 0.599. The number of benzene rings is 2. The molecule has 0 saturated carbocycles. The highest BCUT2D eigenvalue weighted by atomic mass is 35.5. The lowest BCUT2D eigenvalue weighted by Crippen LogP contribution is -2.45. The maximum atomic E-state index is 14.5. The highest BCUT2D eigenvalue weighted by molar-refractivity contribution is 7.89. The van der Waals surface area contributed by atoms with Crippen molar-refractivity contribution in [1.29, 1.82) is 0 Å². The largest absolute Gasteiger partial charge is 0.243 e. The minimum atomic E-state index is -3.64. The van der Waals surface area contributed by atoms with Gasteiger partial charge >= 0.3 is 0 Å². The molecule has 0 bridgehead atoms. The van der Waals surface area contributed by atoms with E-state index < -0.39 is 10.0 Å². The van der Waals surface area contributed by atoms with E-state index in [2.05, 4.69) is 0 Å². The molecule has 6 heteroatoms. The molecule has 0 radical (unpaired) electrons. The number of hydrogen-bond acceptors (Lipinski definition) is 2. The van der Waals surface area contributed by atoms with Gasteiger partial charge in [-0.1, -0.05) is 24.6 Å². The first kappa shape index (κ1) is 19.3. The maximum absolute atomic E-state index is 14.5. The summed E-state index contributed by atoms with van der Waals surface area (Å²) in [5.41, 5.74) is 3.22. The summed E-state index contributed by atoms with van der Waals surface area (Å²) in [4.78, 5) is 0.300. The van der Waals surface area contributed by atoms with Crippen LogP contribution >= 0.6 is 11.6 Å². The molecule has 1 heterocycles. The van der Waals surface area contributed by atoms with Crippen molar-refractivity contribution in [2.75, 3.05) is 6.54 Å². The van der Waals surface area contributed by atoms with Gasteiger partial charge in [0.15, 0.2) is 0 Å². The summed E-state index contributed by atoms with van der Waals surface area (Å²) in [5.74, 6) is -0.549. The van der Waals surface area contributed by atoms with E-state index in [-0.39, 0.29) is 17.8 Å². The maximum Gasteiger partial charge on any atom is 0.243 e. The fourth-order valence-electron chi connectivity index (χ4n) is 3.75. The lowest BCUT2D eigenvalue weighted by atomic mass is 9.88. The number of fused-ring (bicyclic) bond motifs is 1. The highest BCUT2D eigenvalue weighted by Crippen LogP contribution is 2.35. The van der Waals surface area contributed by atoms with Gasteiger partial charge in [-0.3, -0.25) is 0 Å². The zero-order chi connectivity index (χ0) is 19.2. The molecule has 0 aromatic heterocycles. The van der Waals surface area contributed by atoms with Crippen molar-refractivity contribution in [2.45, 2.75) is 51.0 Å². The molecule has 2 atom stereocenters. The predicted octanol–water partition coefficient (Wildman–Crippen LogP) is 4.83. The Bertz CT molecular complexity index is 959. The van der Waals surface area contributed by atoms with Crippen LogP contribution in [0.2, 0.25) is 5.02 Å². The van der Waals surface area contributed by atoms with Crippen molar-refractivity contribution in [3.05, 3.63) is 63.4 Å². The van der Waals surface area contributed by atoms with Crippen LogP contribution in [0.3, 0.4) is 0 Å². The first-order chi connectivity index (χ1) is 12.1. The van der Waals surface area contributed by atoms with E-state index in [1.165, 1.54) is 10.4 Å². The fraction of sp³-hybridized carbons (Fsp3) is 0.400. The lowest BCUT2D eigenvalue weighted by molar-refractivity contribution is 0.296. The topological polar surface area (TPSA) is 37.4 Å². The summed E-state index contributed by atoms with van der Waals surface area (Å²) in [7, 11) is -3.64. The van der Waals surface area contributed by atoms with Gasteiger partial charge in [0.2, 0.25) is 10.0 Å². The number of rotatable bonds is 3. The summed E-state index contributed by atoms with van der Waals surface area (Å²) in [6, 6.07) is 7.73. The molecule has 2 aromatic carbocycles. The second kappa shape index (κ2) is 6.95. The van der Waals surface area contributed by atoms with Gasteiger partial charge in [-0.05, 0) is 73.7 Å². The van der Waals surface area contributed by atoms with Crippen LogP contribution in [0, 0.1) is 19.7 Å². The molecular weight excluding hydrogens is 373 g/mol. The van der Waals surface area contributed by atoms with Crippen LogP contribution in [-0.4, -0.2) is 25.3 Å². The van der Waals surface area contributed by atoms with Crippen LogP contribution < -0.4 is 0 Å². The molecule has 2 aromatic rings. The SMILES string of the molecule is Cc1ccc(F)c(C(C)C(C)N2CCc3cc(Cl)ccc3S2(=O)=O)c1C. The summed E-state index contributed by atoms with van der Waals surface area (Å²) in [5, 5.41) is 0.534. The van der Waals surface area contributed by atoms with E-state index in [1.54, 1.807) is 24.3 Å². The monoisotopic (exact) mass is 395 g/mol. The highest BCUT2D eigenvalue weighted by Gasteiger charge is 2.37. The molecule has 0 amide bonds. The molecule has 140 valence electrons. The summed E-state index contributed by atoms with van der Waals surface area (Å²) in [6.45, 7) is 7.94. The van der Waals surface area contributed by atoms with E-state index in [0.717, 1.165) is 16.7 Å². The van der Waals surface area contributed by atoms with E-state index in [1.807, 2.05) is 27.7 Å². The van der Waals surface area contributed by atoms with Crippen LogP contribution in [-0.2, 0) is 16.4 Å². The standard InChI is InChI=1S/C20H23ClFNO2S/c1-12-5-7-18(22)20(13(12)2)14(3)15(4)23-10-9-16-11-17(21)6-8-19(16)26(23,24)25/h5-8,11,14-15H,9-10H2,1-4H3. The zero-order valence-electron chi connectivity index (χ0n) is 15.4. The molecule has 3 nitrogen and oxygen atoms in total. The lowest BCUT2D eigenvalue weighted by Gasteiger charge is -2.36. The number of aryl methyl sites for hydroxylation is 1. The molecule has 3 rings (SSSR count). The molecule has 0 fully saturated rings. The van der Waals surface area contributed by atoms with Gasteiger partial charge in [0.1, 0.15) is 5.82 Å². The minimum Gasteiger partial charge on any atom is -0.207 e. The van der Waals surface area contributed by atoms with Crippen molar-refractivity contribution >= 4 is 21.6 Å². The Kier molecular flexibility index (Phi) is 5.17. The first-order valence-electron chi connectivity index (χ1n) is 8.70. The first-order valence-corrected chi connectivity index (χ1v) is 10.5. The molecule has 0 N–H and O–H groups in total. The van der Waals surface area contributed by atoms with Gasteiger partial charge < -0.3 is 0 Å². The van der Waals surface area contributed by atoms with Crippen LogP contribution in [0.4, 0.5) is 4.39 Å². The smallest absolute Gasteiger partial charge is 0.207 e. The number of sulfonamides is 1. The molecule has 2 unspecified atom stereocenters. The van der Waals surface area contributed by atoms with Gasteiger partial charge in [-0.15, -0.1) is 0 Å². The third-order valence-electron chi connectivity index (χ3n) is 5.58. The van der Waals surface area contributed by atoms with E-state index in [0.29, 0.717) is 28.4 Å². The zero-order valence-corrected chi connectivity index (χ0v) is 17.0. The third kappa shape index (κ3) is 3.17. The average Bonchev–Trinajstić information content (AvgIpc) is 2.57. The normalized spacial score (nSPS) is 19.0. The minimum absolute atomic E-state index is 0.265. The second-order valence-corrected chi connectivity index (χ2v) is 9.35. The third-order valence-corrected chi connectivity index (χ3v) is 7.90. The summed E-state index contributed by atoms with van der Waals surface area (Å²) >= 11 is 6.00. The van der Waals surface area contributed by atoms with Gasteiger partial charge in [0.05, 0.1) is 4.90 Å². The van der Waals surface area contributed by atoms with Crippen LogP contribution in [0.25, 0.3) is 0 Å². The summed E-state index contributed by atoms with van der Waals surface area (Å²) < 4.78 is 42.2. The van der Waals surface area contributed by atoms with Crippen molar-refractivity contribution in [3.8, 4) is 0 Å². The molecule has 0 aliphatic carbocycles. The van der Waals surface area contributed by atoms with Crippen molar-refractivity contribution in [2.24, 2.45) is 0 Å². The van der Waals surface area contributed by atoms with E-state index in [4.69, 9.17) is 11.6 Å². The molecule has 26 heavy (non-hydrogen) atoms. The fourth-order valence-corrected chi connectivity index (χ4v) is 5.88. The Labute approximate surface area is 159 Å². The molecule has 0 saturated heterocycles. The van der Waals surface area contributed by atoms with Crippen molar-refractivity contribution in [3.63, 3.8) is 0 Å². The van der Waals surface area contributed by atoms with Gasteiger partial charge in [-0.2, -0.15) is 4.31 Å². The van der Waals surface area contributed by atoms with Crippen LogP contribution in [0.5, 0.6) is 0 Å². The van der Waals surface area contributed by atoms with E-state index >= 15 is 0 Å². The van der Waals surface area contributed by atoms with Crippen LogP contribution in [0.15, 0.2) is 35.2 Å². The molecule has 1 aliphatic heterocycles. The van der Waals surface area contributed by atoms with Crippen molar-refractivity contribution < 1.29 is 12.8 Å². The Morgan fingerprint density at radius 2 is 1.85 bits per heavy atom. The van der Waals surface area contributed by atoms with Gasteiger partial charge in [0, 0.05) is 23.5 Å². The predicted molar refractivity (Wildman–Crippen MR) is 103 cm³/mol. The Morgan fingerprint density at radius 1 is 1.15 bits per heavy atom. The average molecular weight is 396 g/mol. The molecule has 1 aliphatic rings. The second-order valence-electron chi connectivity index (χ2n) is 7.05. The molecule has 0 spiro atoms. The van der Waals surface area contributed by atoms with E-state index in [9.17, 15) is 12.8 Å². The molecular formula is C20H23ClFNO2S. The Balaban J connectivity index is 2.00. The van der Waals surface area contributed by atoms with Gasteiger partial charge in [-0.25, -0.2) is 12.8 Å². The van der Waals surface area contributed by atoms with Gasteiger partial charge in [0.25, 0.3) is 0 Å². The Hall–Kier alpha value is -1.43. The Morgan fingerprint density at radius 3 is 2.54 bits per heavy atom. The van der Waals surface area contributed by atoms with Crippen LogP contribution in [0.1, 0.15) is 42.0 Å².